The smallest absolute Gasteiger partial charge is 0.298 e. The van der Waals surface area contributed by atoms with Crippen molar-refractivity contribution in [3.63, 3.8) is 0 Å². The van der Waals surface area contributed by atoms with Crippen molar-refractivity contribution in [3.8, 4) is 17.3 Å². The van der Waals surface area contributed by atoms with Crippen LogP contribution in [0.5, 0.6) is 0 Å². The van der Waals surface area contributed by atoms with E-state index in [2.05, 4.69) is 15.2 Å². The molecular formula is C18H10F3N5O. The second-order valence-corrected chi connectivity index (χ2v) is 5.92. The van der Waals surface area contributed by atoms with Gasteiger partial charge in [0.15, 0.2) is 0 Å². The zero-order valence-electron chi connectivity index (χ0n) is 13.6. The first-order valence-corrected chi connectivity index (χ1v) is 7.81. The first-order valence-electron chi connectivity index (χ1n) is 7.81. The molecule has 0 unspecified atom stereocenters. The highest BCUT2D eigenvalue weighted by Crippen LogP contribution is 2.28. The van der Waals surface area contributed by atoms with E-state index in [9.17, 15) is 18.0 Å². The van der Waals surface area contributed by atoms with Gasteiger partial charge in [0, 0.05) is 10.9 Å². The molecule has 4 rings (SSSR count). The maximum Gasteiger partial charge on any atom is 0.406 e. The summed E-state index contributed by atoms with van der Waals surface area (Å²) in [6.45, 7) is -1.42. The van der Waals surface area contributed by atoms with Crippen LogP contribution in [0.15, 0.2) is 47.4 Å². The van der Waals surface area contributed by atoms with Crippen molar-refractivity contribution in [2.75, 3.05) is 0 Å². The molecular weight excluding hydrogens is 359 g/mol. The topological polar surface area (TPSA) is 87.4 Å². The first kappa shape index (κ1) is 16.8. The average molecular weight is 369 g/mol. The van der Waals surface area contributed by atoms with E-state index < -0.39 is 18.3 Å². The van der Waals surface area contributed by atoms with E-state index in [-0.39, 0.29) is 16.6 Å². The minimum atomic E-state index is -4.57. The number of hydrogen-bond donors (Lipinski definition) is 1. The molecule has 3 aromatic heterocycles. The van der Waals surface area contributed by atoms with E-state index in [4.69, 9.17) is 5.26 Å². The van der Waals surface area contributed by atoms with Gasteiger partial charge in [-0.05, 0) is 18.2 Å². The number of benzene rings is 1. The summed E-state index contributed by atoms with van der Waals surface area (Å²) >= 11 is 0. The third kappa shape index (κ3) is 2.91. The Hall–Kier alpha value is -3.67. The molecule has 0 radical (unpaired) electrons. The minimum Gasteiger partial charge on any atom is -0.298 e. The number of alkyl halides is 3. The van der Waals surface area contributed by atoms with Crippen LogP contribution in [0.2, 0.25) is 0 Å². The van der Waals surface area contributed by atoms with E-state index in [1.807, 2.05) is 6.07 Å². The maximum absolute atomic E-state index is 13.1. The maximum atomic E-state index is 13.1. The fraction of sp³-hybridized carbons (Fsp3) is 0.111. The van der Waals surface area contributed by atoms with Gasteiger partial charge in [-0.25, -0.2) is 4.98 Å². The SMILES string of the molecule is N#Cc1cccc(-c2ccc3c4[nH]ncc4c(=O)n(CC(F)(F)F)c3c2)n1. The largest absolute Gasteiger partial charge is 0.406 e. The Labute approximate surface area is 149 Å². The summed E-state index contributed by atoms with van der Waals surface area (Å²) in [5.74, 6) is 0. The lowest BCUT2D eigenvalue weighted by Gasteiger charge is -2.14. The van der Waals surface area contributed by atoms with E-state index >= 15 is 0 Å². The number of pyridine rings is 2. The van der Waals surface area contributed by atoms with Crippen LogP contribution in [0.1, 0.15) is 5.69 Å². The van der Waals surface area contributed by atoms with E-state index in [0.29, 0.717) is 26.7 Å². The Balaban J connectivity index is 2.04. The molecule has 0 aliphatic heterocycles. The molecule has 0 fully saturated rings. The van der Waals surface area contributed by atoms with Crippen molar-refractivity contribution in [2.45, 2.75) is 12.7 Å². The Morgan fingerprint density at radius 2 is 2.00 bits per heavy atom. The van der Waals surface area contributed by atoms with Crippen molar-refractivity contribution in [2.24, 2.45) is 0 Å². The van der Waals surface area contributed by atoms with Gasteiger partial charge >= 0.3 is 6.18 Å². The highest BCUT2D eigenvalue weighted by molar-refractivity contribution is 6.04. The van der Waals surface area contributed by atoms with Crippen molar-refractivity contribution in [1.29, 1.82) is 5.26 Å². The number of nitrogens with zero attached hydrogens (tertiary/aromatic N) is 4. The molecule has 9 heteroatoms. The number of hydrogen-bond acceptors (Lipinski definition) is 4. The molecule has 6 nitrogen and oxygen atoms in total. The van der Waals surface area contributed by atoms with Gasteiger partial charge in [-0.2, -0.15) is 23.5 Å². The molecule has 0 aliphatic rings. The number of H-pyrrole nitrogens is 1. The third-order valence-electron chi connectivity index (χ3n) is 4.17. The number of fused-ring (bicyclic) bond motifs is 3. The summed E-state index contributed by atoms with van der Waals surface area (Å²) in [4.78, 5) is 16.7. The lowest BCUT2D eigenvalue weighted by Crippen LogP contribution is -2.28. The molecule has 4 aromatic rings. The lowest BCUT2D eigenvalue weighted by molar-refractivity contribution is -0.140. The number of aromatic amines is 1. The molecule has 1 aromatic carbocycles. The van der Waals surface area contributed by atoms with Gasteiger partial charge in [-0.3, -0.25) is 14.5 Å². The molecule has 0 amide bonds. The van der Waals surface area contributed by atoms with Gasteiger partial charge in [0.25, 0.3) is 5.56 Å². The molecule has 0 atom stereocenters. The Morgan fingerprint density at radius 1 is 1.19 bits per heavy atom. The summed E-state index contributed by atoms with van der Waals surface area (Å²) in [5, 5.41) is 16.0. The Morgan fingerprint density at radius 3 is 2.74 bits per heavy atom. The molecule has 27 heavy (non-hydrogen) atoms. The number of nitriles is 1. The van der Waals surface area contributed by atoms with Gasteiger partial charge in [0.1, 0.15) is 18.3 Å². The quantitative estimate of drug-likeness (QED) is 0.587. The first-order chi connectivity index (χ1) is 12.9. The minimum absolute atomic E-state index is 0.0871. The molecule has 0 aliphatic carbocycles. The summed E-state index contributed by atoms with van der Waals surface area (Å²) in [5.41, 5.74) is 0.804. The van der Waals surface area contributed by atoms with Gasteiger partial charge in [0.2, 0.25) is 0 Å². The second kappa shape index (κ2) is 5.95. The molecule has 3 heterocycles. The van der Waals surface area contributed by atoms with E-state index in [1.54, 1.807) is 24.3 Å². The van der Waals surface area contributed by atoms with Crippen molar-refractivity contribution < 1.29 is 13.2 Å². The zero-order valence-corrected chi connectivity index (χ0v) is 13.6. The van der Waals surface area contributed by atoms with Crippen LogP contribution in [0.3, 0.4) is 0 Å². The Bertz CT molecular complexity index is 1280. The third-order valence-corrected chi connectivity index (χ3v) is 4.17. The van der Waals surface area contributed by atoms with Crippen molar-refractivity contribution >= 4 is 21.8 Å². The molecule has 0 bridgehead atoms. The van der Waals surface area contributed by atoms with Gasteiger partial charge in [-0.15, -0.1) is 0 Å². The molecule has 134 valence electrons. The summed E-state index contributed by atoms with van der Waals surface area (Å²) in [6.07, 6.45) is -3.35. The van der Waals surface area contributed by atoms with Crippen LogP contribution in [0.4, 0.5) is 13.2 Å². The van der Waals surface area contributed by atoms with Crippen LogP contribution >= 0.6 is 0 Å². The number of aromatic nitrogens is 4. The van der Waals surface area contributed by atoms with E-state index in [1.165, 1.54) is 18.3 Å². The van der Waals surface area contributed by atoms with Gasteiger partial charge in [0.05, 0.1) is 28.3 Å². The number of rotatable bonds is 2. The number of halogens is 3. The summed E-state index contributed by atoms with van der Waals surface area (Å²) in [6, 6.07) is 11.5. The Kier molecular flexibility index (Phi) is 3.70. The standard InChI is InChI=1S/C18H10F3N5O/c19-18(20,21)9-26-15-6-10(14-3-1-2-11(7-22)24-14)4-5-12(15)16-13(17(26)27)8-23-25-16/h1-6,8H,9H2,(H,23,25). The monoisotopic (exact) mass is 369 g/mol. The van der Waals surface area contributed by atoms with Crippen molar-refractivity contribution in [1.82, 2.24) is 19.7 Å². The second-order valence-electron chi connectivity index (χ2n) is 5.92. The van der Waals surface area contributed by atoms with Crippen LogP contribution in [0.25, 0.3) is 33.1 Å². The predicted octanol–water partition coefficient (Wildman–Crippen LogP) is 3.37. The van der Waals surface area contributed by atoms with Crippen molar-refractivity contribution in [3.05, 3.63) is 58.6 Å². The van der Waals surface area contributed by atoms with Crippen LogP contribution < -0.4 is 5.56 Å². The number of nitrogens with one attached hydrogen (secondary N) is 1. The zero-order chi connectivity index (χ0) is 19.2. The average Bonchev–Trinajstić information content (AvgIpc) is 3.14. The highest BCUT2D eigenvalue weighted by atomic mass is 19.4. The van der Waals surface area contributed by atoms with Crippen LogP contribution in [-0.2, 0) is 6.54 Å². The predicted molar refractivity (Wildman–Crippen MR) is 91.9 cm³/mol. The lowest BCUT2D eigenvalue weighted by atomic mass is 10.1. The fourth-order valence-electron chi connectivity index (χ4n) is 3.03. The molecule has 0 spiro atoms. The van der Waals surface area contributed by atoms with Gasteiger partial charge in [-0.1, -0.05) is 18.2 Å². The van der Waals surface area contributed by atoms with E-state index in [0.717, 1.165) is 0 Å². The van der Waals surface area contributed by atoms with Gasteiger partial charge < -0.3 is 0 Å². The molecule has 1 N–H and O–H groups in total. The molecule has 0 saturated heterocycles. The highest BCUT2D eigenvalue weighted by Gasteiger charge is 2.30. The molecule has 0 saturated carbocycles. The summed E-state index contributed by atoms with van der Waals surface area (Å²) in [7, 11) is 0. The summed E-state index contributed by atoms with van der Waals surface area (Å²) < 4.78 is 39.9. The normalized spacial score (nSPS) is 11.8. The fourth-order valence-corrected chi connectivity index (χ4v) is 3.03. The van der Waals surface area contributed by atoms with Crippen LogP contribution in [-0.4, -0.2) is 25.9 Å². The van der Waals surface area contributed by atoms with Crippen LogP contribution in [0, 0.1) is 11.3 Å².